The maximum absolute atomic E-state index is 5.72. The monoisotopic (exact) mass is 205 g/mol. The Labute approximate surface area is 91.3 Å². The van der Waals surface area contributed by atoms with Crippen LogP contribution in [-0.2, 0) is 6.54 Å². The Morgan fingerprint density at radius 1 is 1.47 bits per heavy atom. The second-order valence-corrected chi connectivity index (χ2v) is 4.36. The summed E-state index contributed by atoms with van der Waals surface area (Å²) in [7, 11) is 0. The summed E-state index contributed by atoms with van der Waals surface area (Å²) in [5.74, 6) is 1.94. The van der Waals surface area contributed by atoms with E-state index in [1.165, 1.54) is 12.8 Å². The molecule has 3 nitrogen and oxygen atoms in total. The smallest absolute Gasteiger partial charge is 0.132 e. The van der Waals surface area contributed by atoms with E-state index < -0.39 is 0 Å². The first-order chi connectivity index (χ1) is 7.31. The van der Waals surface area contributed by atoms with E-state index in [9.17, 15) is 0 Å². The molecular formula is C12H19N3. The standard InChI is InChI=1S/C12H19N3/c1-10-4-7-15(8-5-10)12-11(9-13)3-2-6-14-12/h2-3,6,10H,4-5,7-9,13H2,1H3. The van der Waals surface area contributed by atoms with Crippen molar-refractivity contribution in [3.8, 4) is 0 Å². The van der Waals surface area contributed by atoms with Crippen LogP contribution in [0.3, 0.4) is 0 Å². The first-order valence-corrected chi connectivity index (χ1v) is 5.70. The topological polar surface area (TPSA) is 42.2 Å². The van der Waals surface area contributed by atoms with Gasteiger partial charge in [-0.25, -0.2) is 4.98 Å². The highest BCUT2D eigenvalue weighted by Crippen LogP contribution is 2.23. The molecule has 1 fully saturated rings. The molecule has 3 heteroatoms. The summed E-state index contributed by atoms with van der Waals surface area (Å²) >= 11 is 0. The van der Waals surface area contributed by atoms with Gasteiger partial charge in [-0.2, -0.15) is 0 Å². The molecule has 15 heavy (non-hydrogen) atoms. The van der Waals surface area contributed by atoms with E-state index in [1.807, 2.05) is 12.3 Å². The van der Waals surface area contributed by atoms with Crippen molar-refractivity contribution >= 4 is 5.82 Å². The van der Waals surface area contributed by atoms with Crippen LogP contribution >= 0.6 is 0 Å². The molecule has 1 aromatic rings. The van der Waals surface area contributed by atoms with Crippen LogP contribution < -0.4 is 10.6 Å². The zero-order chi connectivity index (χ0) is 10.7. The Balaban J connectivity index is 2.15. The number of aromatic nitrogens is 1. The van der Waals surface area contributed by atoms with Crippen molar-refractivity contribution < 1.29 is 0 Å². The summed E-state index contributed by atoms with van der Waals surface area (Å²) in [5.41, 5.74) is 6.88. The lowest BCUT2D eigenvalue weighted by Crippen LogP contribution is -2.34. The molecule has 0 aliphatic carbocycles. The Hall–Kier alpha value is -1.09. The van der Waals surface area contributed by atoms with Crippen LogP contribution in [0.2, 0.25) is 0 Å². The highest BCUT2D eigenvalue weighted by molar-refractivity contribution is 5.46. The summed E-state index contributed by atoms with van der Waals surface area (Å²) in [6.45, 7) is 5.13. The molecule has 0 spiro atoms. The zero-order valence-corrected chi connectivity index (χ0v) is 9.32. The predicted octanol–water partition coefficient (Wildman–Crippen LogP) is 1.78. The fourth-order valence-electron chi connectivity index (χ4n) is 2.09. The Bertz CT molecular complexity index is 316. The third-order valence-electron chi connectivity index (χ3n) is 3.17. The minimum atomic E-state index is 0.579. The summed E-state index contributed by atoms with van der Waals surface area (Å²) < 4.78 is 0. The molecule has 1 saturated heterocycles. The van der Waals surface area contributed by atoms with Crippen LogP contribution in [0, 0.1) is 5.92 Å². The van der Waals surface area contributed by atoms with E-state index in [2.05, 4.69) is 22.9 Å². The zero-order valence-electron chi connectivity index (χ0n) is 9.32. The average Bonchev–Trinajstić information content (AvgIpc) is 2.30. The van der Waals surface area contributed by atoms with Crippen LogP contribution in [0.15, 0.2) is 18.3 Å². The lowest BCUT2D eigenvalue weighted by atomic mass is 9.99. The molecule has 0 saturated carbocycles. The number of rotatable bonds is 2. The molecule has 0 bridgehead atoms. The molecule has 0 amide bonds. The number of anilines is 1. The summed E-state index contributed by atoms with van der Waals surface area (Å²) in [6, 6.07) is 4.03. The van der Waals surface area contributed by atoms with Crippen LogP contribution in [0.25, 0.3) is 0 Å². The van der Waals surface area contributed by atoms with Gasteiger partial charge >= 0.3 is 0 Å². The Morgan fingerprint density at radius 2 is 2.20 bits per heavy atom. The van der Waals surface area contributed by atoms with E-state index >= 15 is 0 Å². The van der Waals surface area contributed by atoms with Crippen LogP contribution in [0.4, 0.5) is 5.82 Å². The summed E-state index contributed by atoms with van der Waals surface area (Å²) in [5, 5.41) is 0. The molecule has 2 N–H and O–H groups in total. The minimum absolute atomic E-state index is 0.579. The molecule has 82 valence electrons. The number of piperidine rings is 1. The Morgan fingerprint density at radius 3 is 2.87 bits per heavy atom. The number of hydrogen-bond acceptors (Lipinski definition) is 3. The number of nitrogens with two attached hydrogens (primary N) is 1. The van der Waals surface area contributed by atoms with E-state index in [-0.39, 0.29) is 0 Å². The lowest BCUT2D eigenvalue weighted by Gasteiger charge is -2.32. The SMILES string of the molecule is CC1CCN(c2ncccc2CN)CC1. The normalized spacial score (nSPS) is 18.1. The van der Waals surface area contributed by atoms with Crippen molar-refractivity contribution in [3.05, 3.63) is 23.9 Å². The second-order valence-electron chi connectivity index (χ2n) is 4.36. The van der Waals surface area contributed by atoms with Gasteiger partial charge in [-0.05, 0) is 24.8 Å². The molecule has 1 aliphatic rings. The van der Waals surface area contributed by atoms with Gasteiger partial charge in [-0.15, -0.1) is 0 Å². The first-order valence-electron chi connectivity index (χ1n) is 5.70. The number of pyridine rings is 1. The van der Waals surface area contributed by atoms with Gasteiger partial charge in [-0.3, -0.25) is 0 Å². The largest absolute Gasteiger partial charge is 0.356 e. The predicted molar refractivity (Wildman–Crippen MR) is 62.7 cm³/mol. The highest BCUT2D eigenvalue weighted by atomic mass is 15.2. The highest BCUT2D eigenvalue weighted by Gasteiger charge is 2.18. The molecule has 0 aromatic carbocycles. The van der Waals surface area contributed by atoms with Gasteiger partial charge in [-0.1, -0.05) is 13.0 Å². The molecule has 0 atom stereocenters. The van der Waals surface area contributed by atoms with Crippen molar-refractivity contribution in [2.75, 3.05) is 18.0 Å². The van der Waals surface area contributed by atoms with E-state index in [1.54, 1.807) is 0 Å². The first kappa shape index (κ1) is 10.4. The van der Waals surface area contributed by atoms with Gasteiger partial charge in [0.25, 0.3) is 0 Å². The second kappa shape index (κ2) is 4.62. The van der Waals surface area contributed by atoms with Crippen LogP contribution in [0.1, 0.15) is 25.3 Å². The van der Waals surface area contributed by atoms with Crippen molar-refractivity contribution in [2.45, 2.75) is 26.3 Å². The minimum Gasteiger partial charge on any atom is -0.356 e. The van der Waals surface area contributed by atoms with Gasteiger partial charge < -0.3 is 10.6 Å². The van der Waals surface area contributed by atoms with Crippen molar-refractivity contribution in [1.82, 2.24) is 4.98 Å². The van der Waals surface area contributed by atoms with E-state index in [0.29, 0.717) is 6.54 Å². The maximum Gasteiger partial charge on any atom is 0.132 e. The molecule has 2 heterocycles. The quantitative estimate of drug-likeness (QED) is 0.800. The molecule has 1 aliphatic heterocycles. The Kier molecular flexibility index (Phi) is 3.21. The number of hydrogen-bond donors (Lipinski definition) is 1. The van der Waals surface area contributed by atoms with Crippen molar-refractivity contribution in [1.29, 1.82) is 0 Å². The van der Waals surface area contributed by atoms with Crippen LogP contribution in [0.5, 0.6) is 0 Å². The molecule has 0 radical (unpaired) electrons. The molecule has 0 unspecified atom stereocenters. The van der Waals surface area contributed by atoms with Gasteiger partial charge in [0, 0.05) is 31.4 Å². The molecule has 2 rings (SSSR count). The average molecular weight is 205 g/mol. The van der Waals surface area contributed by atoms with E-state index in [0.717, 1.165) is 30.4 Å². The fourth-order valence-corrected chi connectivity index (χ4v) is 2.09. The molecular weight excluding hydrogens is 186 g/mol. The van der Waals surface area contributed by atoms with E-state index in [4.69, 9.17) is 5.73 Å². The third kappa shape index (κ3) is 2.29. The third-order valence-corrected chi connectivity index (χ3v) is 3.17. The maximum atomic E-state index is 5.72. The summed E-state index contributed by atoms with van der Waals surface area (Å²) in [6.07, 6.45) is 4.38. The van der Waals surface area contributed by atoms with Crippen molar-refractivity contribution in [2.24, 2.45) is 11.7 Å². The van der Waals surface area contributed by atoms with Gasteiger partial charge in [0.05, 0.1) is 0 Å². The van der Waals surface area contributed by atoms with Crippen LogP contribution in [-0.4, -0.2) is 18.1 Å². The number of nitrogens with zero attached hydrogens (tertiary/aromatic N) is 2. The fraction of sp³-hybridized carbons (Fsp3) is 0.583. The lowest BCUT2D eigenvalue weighted by molar-refractivity contribution is 0.436. The van der Waals surface area contributed by atoms with Crippen molar-refractivity contribution in [3.63, 3.8) is 0 Å². The van der Waals surface area contributed by atoms with Gasteiger partial charge in [0.2, 0.25) is 0 Å². The molecule has 1 aromatic heterocycles. The van der Waals surface area contributed by atoms with Gasteiger partial charge in [0.15, 0.2) is 0 Å². The summed E-state index contributed by atoms with van der Waals surface area (Å²) in [4.78, 5) is 6.81. The van der Waals surface area contributed by atoms with Gasteiger partial charge in [0.1, 0.15) is 5.82 Å².